The third-order valence-corrected chi connectivity index (χ3v) is 6.23. The van der Waals surface area contributed by atoms with Gasteiger partial charge in [0.2, 0.25) is 0 Å². The van der Waals surface area contributed by atoms with Crippen LogP contribution in [0.1, 0.15) is 18.4 Å². The number of pyridine rings is 2. The highest BCUT2D eigenvalue weighted by molar-refractivity contribution is 5.84. The van der Waals surface area contributed by atoms with Gasteiger partial charge in [0, 0.05) is 37.4 Å². The van der Waals surface area contributed by atoms with Gasteiger partial charge in [-0.15, -0.1) is 0 Å². The van der Waals surface area contributed by atoms with Crippen LogP contribution < -0.4 is 10.2 Å². The average molecular weight is 429 g/mol. The van der Waals surface area contributed by atoms with Crippen LogP contribution >= 0.6 is 0 Å². The summed E-state index contributed by atoms with van der Waals surface area (Å²) >= 11 is 0. The van der Waals surface area contributed by atoms with Crippen LogP contribution in [0.3, 0.4) is 0 Å². The van der Waals surface area contributed by atoms with E-state index in [1.165, 1.54) is 0 Å². The fraction of sp³-hybridized carbons (Fsp3) is 0.320. The van der Waals surface area contributed by atoms with E-state index in [1.807, 2.05) is 37.6 Å². The summed E-state index contributed by atoms with van der Waals surface area (Å²) in [6, 6.07) is 15.1. The fourth-order valence-corrected chi connectivity index (χ4v) is 4.43. The fourth-order valence-electron chi connectivity index (χ4n) is 4.43. The Hall–Kier alpha value is -3.29. The second kappa shape index (κ2) is 9.06. The zero-order valence-corrected chi connectivity index (χ0v) is 18.5. The minimum atomic E-state index is 0.575. The van der Waals surface area contributed by atoms with Crippen LogP contribution in [-0.2, 0) is 11.3 Å². The quantitative estimate of drug-likeness (QED) is 0.483. The average Bonchev–Trinajstić information content (AvgIpc) is 3.34. The molecule has 32 heavy (non-hydrogen) atoms. The number of rotatable bonds is 6. The van der Waals surface area contributed by atoms with E-state index in [-0.39, 0.29) is 0 Å². The summed E-state index contributed by atoms with van der Waals surface area (Å²) in [4.78, 5) is 12.0. The smallest absolute Gasteiger partial charge is 0.0914 e. The van der Waals surface area contributed by atoms with Crippen molar-refractivity contribution >= 4 is 16.7 Å². The van der Waals surface area contributed by atoms with Gasteiger partial charge in [-0.1, -0.05) is 18.2 Å². The third-order valence-electron chi connectivity index (χ3n) is 6.23. The summed E-state index contributed by atoms with van der Waals surface area (Å²) in [5.41, 5.74) is 7.92. The van der Waals surface area contributed by atoms with Crippen LogP contribution in [0.15, 0.2) is 54.9 Å². The molecule has 1 aromatic carbocycles. The van der Waals surface area contributed by atoms with Crippen molar-refractivity contribution in [1.82, 2.24) is 25.5 Å². The summed E-state index contributed by atoms with van der Waals surface area (Å²) in [6.07, 6.45) is 6.09. The standard InChI is InChI=1S/C25H28N6O/c1-26-19-8-10-31(11-9-19)20-13-24-23(27-14-20)7-6-22(29-24)21-15-28-30-25(21)18-5-3-4-17(12-18)16-32-2/h3-7,12-15,19,26H,8-11,16H2,1-2H3,(H,28,30). The molecule has 1 saturated heterocycles. The number of piperidine rings is 1. The van der Waals surface area contributed by atoms with Crippen molar-refractivity contribution in [1.29, 1.82) is 0 Å². The zero-order chi connectivity index (χ0) is 21.9. The molecule has 4 heterocycles. The van der Waals surface area contributed by atoms with Gasteiger partial charge in [-0.3, -0.25) is 10.1 Å². The van der Waals surface area contributed by atoms with Crippen molar-refractivity contribution in [2.75, 3.05) is 32.1 Å². The van der Waals surface area contributed by atoms with E-state index in [4.69, 9.17) is 9.72 Å². The number of nitrogens with one attached hydrogen (secondary N) is 2. The molecule has 5 rings (SSSR count). The van der Waals surface area contributed by atoms with Gasteiger partial charge < -0.3 is 15.0 Å². The van der Waals surface area contributed by atoms with E-state index in [2.05, 4.69) is 49.7 Å². The molecule has 0 spiro atoms. The van der Waals surface area contributed by atoms with Gasteiger partial charge in [-0.25, -0.2) is 4.98 Å². The molecular weight excluding hydrogens is 400 g/mol. The number of H-pyrrole nitrogens is 1. The zero-order valence-electron chi connectivity index (χ0n) is 18.5. The summed E-state index contributed by atoms with van der Waals surface area (Å²) in [6.45, 7) is 2.63. The van der Waals surface area contributed by atoms with E-state index in [9.17, 15) is 0 Å². The molecule has 0 saturated carbocycles. The van der Waals surface area contributed by atoms with Crippen LogP contribution in [0.4, 0.5) is 5.69 Å². The number of nitrogens with zero attached hydrogens (tertiary/aromatic N) is 4. The van der Waals surface area contributed by atoms with Crippen LogP contribution in [0.25, 0.3) is 33.5 Å². The molecule has 164 valence electrons. The highest BCUT2D eigenvalue weighted by Crippen LogP contribution is 2.31. The molecule has 2 N–H and O–H groups in total. The lowest BCUT2D eigenvalue weighted by Gasteiger charge is -2.33. The Morgan fingerprint density at radius 2 is 1.97 bits per heavy atom. The number of methoxy groups -OCH3 is 1. The number of aromatic amines is 1. The van der Waals surface area contributed by atoms with Gasteiger partial charge in [0.15, 0.2) is 0 Å². The highest BCUT2D eigenvalue weighted by atomic mass is 16.5. The molecule has 1 fully saturated rings. The predicted molar refractivity (Wildman–Crippen MR) is 128 cm³/mol. The van der Waals surface area contributed by atoms with E-state index >= 15 is 0 Å². The van der Waals surface area contributed by atoms with Crippen molar-refractivity contribution in [3.63, 3.8) is 0 Å². The Balaban J connectivity index is 1.47. The minimum Gasteiger partial charge on any atom is -0.380 e. The van der Waals surface area contributed by atoms with Crippen LogP contribution in [0.2, 0.25) is 0 Å². The summed E-state index contributed by atoms with van der Waals surface area (Å²) in [5.74, 6) is 0. The maximum Gasteiger partial charge on any atom is 0.0914 e. The maximum absolute atomic E-state index is 5.28. The second-order valence-electron chi connectivity index (χ2n) is 8.27. The Morgan fingerprint density at radius 1 is 1.09 bits per heavy atom. The molecule has 0 unspecified atom stereocenters. The summed E-state index contributed by atoms with van der Waals surface area (Å²) in [7, 11) is 3.75. The van der Waals surface area contributed by atoms with Crippen LogP contribution in [0.5, 0.6) is 0 Å². The van der Waals surface area contributed by atoms with Gasteiger partial charge in [0.05, 0.1) is 47.1 Å². The van der Waals surface area contributed by atoms with Gasteiger partial charge in [0.1, 0.15) is 0 Å². The lowest BCUT2D eigenvalue weighted by molar-refractivity contribution is 0.185. The van der Waals surface area contributed by atoms with Gasteiger partial charge in [0.25, 0.3) is 0 Å². The number of aromatic nitrogens is 4. The van der Waals surface area contributed by atoms with Crippen molar-refractivity contribution in [2.24, 2.45) is 0 Å². The molecule has 3 aromatic heterocycles. The van der Waals surface area contributed by atoms with Crippen molar-refractivity contribution in [3.8, 4) is 22.5 Å². The van der Waals surface area contributed by atoms with Crippen LogP contribution in [-0.4, -0.2) is 53.5 Å². The molecule has 0 amide bonds. The van der Waals surface area contributed by atoms with E-state index in [1.54, 1.807) is 7.11 Å². The highest BCUT2D eigenvalue weighted by Gasteiger charge is 2.19. The first-order chi connectivity index (χ1) is 15.7. The third kappa shape index (κ3) is 4.09. The van der Waals surface area contributed by atoms with E-state index in [0.717, 1.165) is 70.7 Å². The summed E-state index contributed by atoms with van der Waals surface area (Å²) in [5, 5.41) is 10.8. The number of ether oxygens (including phenoxy) is 1. The van der Waals surface area contributed by atoms with Gasteiger partial charge in [-0.05, 0) is 49.7 Å². The van der Waals surface area contributed by atoms with Crippen molar-refractivity contribution in [3.05, 3.63) is 60.4 Å². The number of fused-ring (bicyclic) bond motifs is 1. The van der Waals surface area contributed by atoms with E-state index < -0.39 is 0 Å². The summed E-state index contributed by atoms with van der Waals surface area (Å²) < 4.78 is 5.28. The monoisotopic (exact) mass is 428 g/mol. The first kappa shape index (κ1) is 20.6. The van der Waals surface area contributed by atoms with Crippen LogP contribution in [0, 0.1) is 0 Å². The topological polar surface area (TPSA) is 79.0 Å². The molecule has 1 aliphatic heterocycles. The Morgan fingerprint density at radius 3 is 2.78 bits per heavy atom. The number of anilines is 1. The number of hydrogen-bond acceptors (Lipinski definition) is 6. The SMILES string of the molecule is CNC1CCN(c2cnc3ccc(-c4cn[nH]c4-c4cccc(COC)c4)nc3c2)CC1. The minimum absolute atomic E-state index is 0.575. The largest absolute Gasteiger partial charge is 0.380 e. The molecular formula is C25H28N6O. The van der Waals surface area contributed by atoms with Gasteiger partial charge in [-0.2, -0.15) is 5.10 Å². The number of hydrogen-bond donors (Lipinski definition) is 2. The lowest BCUT2D eigenvalue weighted by Crippen LogP contribution is -2.41. The Bertz CT molecular complexity index is 1210. The van der Waals surface area contributed by atoms with E-state index in [0.29, 0.717) is 12.6 Å². The first-order valence-corrected chi connectivity index (χ1v) is 11.1. The molecule has 0 atom stereocenters. The molecule has 7 nitrogen and oxygen atoms in total. The lowest BCUT2D eigenvalue weighted by atomic mass is 10.0. The molecule has 0 aliphatic carbocycles. The molecule has 7 heteroatoms. The van der Waals surface area contributed by atoms with Gasteiger partial charge >= 0.3 is 0 Å². The molecule has 1 aliphatic rings. The second-order valence-corrected chi connectivity index (χ2v) is 8.27. The predicted octanol–water partition coefficient (Wildman–Crippen LogP) is 4.02. The Labute approximate surface area is 187 Å². The van der Waals surface area contributed by atoms with Crippen molar-refractivity contribution < 1.29 is 4.74 Å². The molecule has 4 aromatic rings. The molecule has 0 radical (unpaired) electrons. The number of benzene rings is 1. The Kier molecular flexibility index (Phi) is 5.83. The normalized spacial score (nSPS) is 14.9. The molecule has 0 bridgehead atoms. The van der Waals surface area contributed by atoms with Crippen molar-refractivity contribution in [2.45, 2.75) is 25.5 Å². The maximum atomic E-state index is 5.28. The first-order valence-electron chi connectivity index (χ1n) is 11.1.